The number of nitro benzene ring substituents is 2. The van der Waals surface area contributed by atoms with Crippen molar-refractivity contribution in [2.45, 2.75) is 29.1 Å². The van der Waals surface area contributed by atoms with Gasteiger partial charge in [0.15, 0.2) is 0 Å². The molecule has 26 heteroatoms. The minimum Gasteiger partial charge on any atom is -0.265 e. The number of benzene rings is 8. The first-order valence-corrected chi connectivity index (χ1v) is 35.0. The minimum atomic E-state index is -4.26. The fourth-order valence-electron chi connectivity index (χ4n) is 8.24. The second kappa shape index (κ2) is 47.6. The summed E-state index contributed by atoms with van der Waals surface area (Å²) >= 11 is 6.25. The molecular formula is C74H67AgBrN8Ni2O12S2-2. The van der Waals surface area contributed by atoms with Crippen molar-refractivity contribution in [2.75, 3.05) is 33.9 Å². The summed E-state index contributed by atoms with van der Waals surface area (Å²) < 4.78 is 68.5. The number of esters is 2. The van der Waals surface area contributed by atoms with E-state index in [-0.39, 0.29) is 62.2 Å². The summed E-state index contributed by atoms with van der Waals surface area (Å²) in [5.74, 6) is -0.541. The Morgan fingerprint density at radius 3 is 1.14 bits per heavy atom. The van der Waals surface area contributed by atoms with Gasteiger partial charge in [0.25, 0.3) is 11.4 Å². The average molecular weight is 1630 g/mol. The molecule has 0 bridgehead atoms. The van der Waals surface area contributed by atoms with E-state index < -0.39 is 51.1 Å². The number of rotatable bonds is 20. The first-order valence-electron chi connectivity index (χ1n) is 29.7. The van der Waals surface area contributed by atoms with Gasteiger partial charge in [-0.1, -0.05) is 127 Å². The molecule has 0 atom stereocenters. The number of nitro groups is 2. The molecule has 20 nitrogen and oxygen atoms in total. The Hall–Kier alpha value is -9.38. The van der Waals surface area contributed by atoms with Gasteiger partial charge in [0.1, 0.15) is 29.8 Å². The number of halogens is 1. The van der Waals surface area contributed by atoms with Crippen LogP contribution in [-0.2, 0) is 94.9 Å². The summed E-state index contributed by atoms with van der Waals surface area (Å²) in [7, 11) is -4.43. The van der Waals surface area contributed by atoms with Gasteiger partial charge in [0.2, 0.25) is 0 Å². The van der Waals surface area contributed by atoms with Crippen molar-refractivity contribution in [3.8, 4) is 22.5 Å². The molecule has 11 aromatic rings. The second-order valence-electron chi connectivity index (χ2n) is 20.0. The number of pyridine rings is 3. The summed E-state index contributed by atoms with van der Waals surface area (Å²) in [6.07, 6.45) is 9.14. The molecule has 0 N–H and O–H groups in total. The summed E-state index contributed by atoms with van der Waals surface area (Å²) in [6, 6.07) is 78.9. The minimum absolute atomic E-state index is 0. The summed E-state index contributed by atoms with van der Waals surface area (Å²) in [6.45, 7) is 5.58. The normalized spacial score (nSPS) is 10.0. The standard InChI is InChI=1S/2C17H12N3O4S.2C15H13O2.C5H5N.C5H12N.Ag.BrH.2Ni/c2*21-20(22)16-10-3-4-11-17(16)25(23,24)19-15-9-2-1-7-13(15)14-8-5-6-12-18-14;2*16-15(14-9-5-2-6-10-14)17-12-11-13-7-3-1-4-8-13;1-2-4-6-5-3-1;1-4-5-6(2)3;;;;/h2*1-12H;2*2-10H,11-12H2;1-5H;1,4-5H2,2-3H3;;1H;;/q4*-1;;-1;+1;;+1;+2/p-1. The maximum absolute atomic E-state index is 12.6. The molecule has 0 unspecified atom stereocenters. The van der Waals surface area contributed by atoms with Crippen LogP contribution in [0.25, 0.3) is 32.0 Å². The molecule has 527 valence electrons. The Kier molecular flexibility index (Phi) is 40.4. The zero-order valence-corrected chi connectivity index (χ0v) is 60.4. The molecule has 0 aliphatic rings. The van der Waals surface area contributed by atoms with Gasteiger partial charge in [-0.05, 0) is 117 Å². The van der Waals surface area contributed by atoms with Crippen molar-refractivity contribution in [1.82, 2.24) is 19.9 Å². The number of nitrogens with zero attached hydrogens (tertiary/aromatic N) is 8. The van der Waals surface area contributed by atoms with Gasteiger partial charge < -0.3 is 30.7 Å². The summed E-state index contributed by atoms with van der Waals surface area (Å²) in [5, 5.41) is 22.2. The number of sulfonamides is 2. The third-order valence-corrected chi connectivity index (χ3v) is 15.5. The smallest absolute Gasteiger partial charge is 0.0267 e. The largest absolute Gasteiger partial charge is 0.265 e. The number of para-hydroxylation sites is 2. The monoisotopic (exact) mass is 1630 g/mol. The van der Waals surface area contributed by atoms with Gasteiger partial charge in [-0.15, -0.1) is 11.4 Å². The number of aromatic nitrogens is 3. The van der Waals surface area contributed by atoms with E-state index in [9.17, 15) is 46.7 Å². The number of carbonyl (C=O) groups excluding carboxylic acids is 2. The predicted molar refractivity (Wildman–Crippen MR) is 379 cm³/mol. The Morgan fingerprint density at radius 1 is 0.500 bits per heavy atom. The number of hydrogen-bond donors (Lipinski definition) is 0. The topological polar surface area (TPSA) is 277 Å². The number of ether oxygens (including phenoxy) is 2. The van der Waals surface area contributed by atoms with Crippen LogP contribution >= 0.6 is 14.2 Å². The fraction of sp³-hybridized carbons (Fsp3) is 0.108. The molecule has 0 spiro atoms. The SMILES string of the molecule is O=C(OCCc1cc[c-]cc1)c1ccccc1.O=C(OCCc1cc[c-]cc1)c1ccccc1.O=[N+]([O-])c1ccccc1S(=O)(=O)[N-]c1ccccc1-c1ccccn1.O=[N+]([O-])c1ccccc1S(=O)(=O)[N-]c1ccccc1-c1ccccn1.[Ag+].[CH2-]CCN(C)C.[Ni+2].[Ni][Br].c1ccncc1. The van der Waals surface area contributed by atoms with Gasteiger partial charge in [-0.25, -0.2) is 26.4 Å². The van der Waals surface area contributed by atoms with E-state index >= 15 is 0 Å². The van der Waals surface area contributed by atoms with Crippen LogP contribution in [0.4, 0.5) is 22.7 Å². The molecule has 100 heavy (non-hydrogen) atoms. The van der Waals surface area contributed by atoms with Gasteiger partial charge in [0, 0.05) is 36.9 Å². The van der Waals surface area contributed by atoms with E-state index in [1.165, 1.54) is 48.5 Å². The predicted octanol–water partition coefficient (Wildman–Crippen LogP) is 16.6. The maximum atomic E-state index is 12.6. The van der Waals surface area contributed by atoms with Crippen molar-refractivity contribution in [3.05, 3.63) is 357 Å². The number of hydrogen-bond acceptors (Lipinski definition) is 16. The Balaban J connectivity index is 0.000000327. The first-order chi connectivity index (χ1) is 47.5. The molecule has 8 aromatic carbocycles. The van der Waals surface area contributed by atoms with Crippen LogP contribution in [-0.4, -0.2) is 92.3 Å². The molecule has 0 saturated heterocycles. The quantitative estimate of drug-likeness (QED) is 0.0225. The van der Waals surface area contributed by atoms with Crippen LogP contribution in [0.1, 0.15) is 38.3 Å². The average Bonchev–Trinajstić information content (AvgIpc) is 0.801. The molecular weight excluding hydrogens is 1560 g/mol. The third kappa shape index (κ3) is 30.4. The van der Waals surface area contributed by atoms with E-state index in [1.54, 1.807) is 122 Å². The molecule has 11 rings (SSSR count). The molecule has 0 aliphatic heterocycles. The summed E-state index contributed by atoms with van der Waals surface area (Å²) in [4.78, 5) is 57.3. The molecule has 0 saturated carbocycles. The zero-order valence-electron chi connectivity index (χ0n) is 53.7. The maximum Gasteiger partial charge on any atom is 0.0267 e. The third-order valence-electron chi connectivity index (χ3n) is 12.8. The number of carbonyl (C=O) groups is 2. The molecule has 3 aromatic heterocycles. The first kappa shape index (κ1) is 84.8. The second-order valence-corrected chi connectivity index (χ2v) is 23.2. The zero-order chi connectivity index (χ0) is 70.8. The van der Waals surface area contributed by atoms with E-state index in [4.69, 9.17) is 9.47 Å². The van der Waals surface area contributed by atoms with E-state index in [0.717, 1.165) is 49.1 Å². The van der Waals surface area contributed by atoms with Crippen LogP contribution in [0.15, 0.2) is 295 Å². The molecule has 0 radical (unpaired) electrons. The van der Waals surface area contributed by atoms with Crippen molar-refractivity contribution in [3.63, 3.8) is 0 Å². The van der Waals surface area contributed by atoms with Crippen LogP contribution in [0.2, 0.25) is 0 Å². The van der Waals surface area contributed by atoms with Crippen molar-refractivity contribution in [2.24, 2.45) is 0 Å². The molecule has 0 amide bonds. The Labute approximate surface area is 624 Å². The molecule has 0 aliphatic carbocycles. The summed E-state index contributed by atoms with van der Waals surface area (Å²) in [5.41, 5.74) is 4.92. The molecule has 3 heterocycles. The van der Waals surface area contributed by atoms with Crippen LogP contribution in [0, 0.1) is 39.3 Å². The van der Waals surface area contributed by atoms with Crippen molar-refractivity contribution in [1.29, 1.82) is 0 Å². The van der Waals surface area contributed by atoms with E-state index in [2.05, 4.69) is 76.3 Å². The van der Waals surface area contributed by atoms with Gasteiger partial charge in [-0.2, -0.15) is 78.2 Å². The van der Waals surface area contributed by atoms with Gasteiger partial charge in [0.05, 0.1) is 45.6 Å². The Bertz CT molecular complexity index is 4110. The van der Waals surface area contributed by atoms with Crippen molar-refractivity contribution < 1.29 is 98.3 Å². The van der Waals surface area contributed by atoms with Crippen LogP contribution in [0.5, 0.6) is 0 Å². The van der Waals surface area contributed by atoms with Crippen LogP contribution in [0.3, 0.4) is 0 Å². The van der Waals surface area contributed by atoms with E-state index in [1.807, 2.05) is 117 Å². The fourth-order valence-corrected chi connectivity index (χ4v) is 10.6. The van der Waals surface area contributed by atoms with Crippen LogP contribution < -0.4 is 0 Å². The van der Waals surface area contributed by atoms with E-state index in [0.29, 0.717) is 46.9 Å². The van der Waals surface area contributed by atoms with Gasteiger partial charge in [-0.3, -0.25) is 35.2 Å². The van der Waals surface area contributed by atoms with Crippen molar-refractivity contribution >= 4 is 69.0 Å². The Morgan fingerprint density at radius 2 is 0.830 bits per heavy atom. The molecule has 0 fully saturated rings. The van der Waals surface area contributed by atoms with Gasteiger partial charge >= 0.3 is 78.7 Å².